The van der Waals surface area contributed by atoms with E-state index in [1.165, 1.54) is 6.08 Å². The van der Waals surface area contributed by atoms with Crippen LogP contribution in [0, 0.1) is 0 Å². The van der Waals surface area contributed by atoms with E-state index in [1.54, 1.807) is 25.2 Å². The molecule has 0 aliphatic rings. The van der Waals surface area contributed by atoms with Crippen LogP contribution in [-0.4, -0.2) is 35.5 Å². The summed E-state index contributed by atoms with van der Waals surface area (Å²) in [4.78, 5) is 1.72. The maximum Gasteiger partial charge on any atom is 0.172 e. The van der Waals surface area contributed by atoms with Crippen molar-refractivity contribution in [3.05, 3.63) is 12.3 Å². The van der Waals surface area contributed by atoms with Gasteiger partial charge in [-0.25, -0.2) is 0 Å². The number of aliphatic hydroxyl groups is 2. The first kappa shape index (κ1) is 7.46. The van der Waals surface area contributed by atoms with Crippen molar-refractivity contribution in [2.45, 2.75) is 6.29 Å². The molecule has 0 bridgehead atoms. The van der Waals surface area contributed by atoms with E-state index in [4.69, 9.17) is 10.2 Å². The number of aliphatic hydroxyl groups excluding tert-OH is 1. The van der Waals surface area contributed by atoms with E-state index in [9.17, 15) is 0 Å². The molecule has 0 aliphatic carbocycles. The van der Waals surface area contributed by atoms with Gasteiger partial charge in [0.2, 0.25) is 0 Å². The molecule has 0 spiro atoms. The molecule has 0 aromatic rings. The van der Waals surface area contributed by atoms with Crippen molar-refractivity contribution in [1.82, 2.24) is 4.90 Å². The maximum absolute atomic E-state index is 8.24. The molecule has 3 heteroatoms. The molecular weight excluding hydrogens is 106 g/mol. The van der Waals surface area contributed by atoms with E-state index in [0.717, 1.165) is 0 Å². The van der Waals surface area contributed by atoms with Crippen molar-refractivity contribution < 1.29 is 10.2 Å². The summed E-state index contributed by atoms with van der Waals surface area (Å²) in [5.74, 6) is 0. The van der Waals surface area contributed by atoms with Crippen molar-refractivity contribution >= 4 is 0 Å². The highest BCUT2D eigenvalue weighted by molar-refractivity contribution is 4.80. The van der Waals surface area contributed by atoms with Crippen LogP contribution in [0.4, 0.5) is 0 Å². The summed E-state index contributed by atoms with van der Waals surface area (Å²) in [7, 11) is 3.61. The van der Waals surface area contributed by atoms with Gasteiger partial charge < -0.3 is 15.1 Å². The van der Waals surface area contributed by atoms with Crippen LogP contribution in [0.2, 0.25) is 0 Å². The van der Waals surface area contributed by atoms with E-state index in [1.807, 2.05) is 0 Å². The molecule has 0 heterocycles. The second-order valence-electron chi connectivity index (χ2n) is 1.72. The number of hydrogen-bond donors (Lipinski definition) is 2. The zero-order chi connectivity index (χ0) is 6.57. The molecule has 48 valence electrons. The largest absolute Gasteiger partial charge is 0.384 e. The fraction of sp³-hybridized carbons (Fsp3) is 0.600. The van der Waals surface area contributed by atoms with E-state index in [-0.39, 0.29) is 0 Å². The monoisotopic (exact) mass is 117 g/mol. The Morgan fingerprint density at radius 2 is 1.88 bits per heavy atom. The minimum absolute atomic E-state index is 1.28. The van der Waals surface area contributed by atoms with Gasteiger partial charge in [-0.3, -0.25) is 0 Å². The molecule has 2 N–H and O–H groups in total. The molecule has 0 atom stereocenters. The Morgan fingerprint density at radius 3 is 2.00 bits per heavy atom. The standard InChI is InChI=1S/C5H11NO2/c1-6(2)4-3-5(7)8/h3-5,7-8H,1-2H3. The summed E-state index contributed by atoms with van der Waals surface area (Å²) in [6.45, 7) is 0. The maximum atomic E-state index is 8.24. The Kier molecular flexibility index (Phi) is 3.23. The Balaban J connectivity index is 3.34. The zero-order valence-electron chi connectivity index (χ0n) is 5.07. The van der Waals surface area contributed by atoms with Gasteiger partial charge in [-0.15, -0.1) is 0 Å². The minimum atomic E-state index is -1.34. The highest BCUT2D eigenvalue weighted by atomic mass is 16.5. The van der Waals surface area contributed by atoms with E-state index in [2.05, 4.69) is 0 Å². The van der Waals surface area contributed by atoms with Crippen LogP contribution in [0.25, 0.3) is 0 Å². The average Bonchev–Trinajstić information content (AvgIpc) is 1.61. The summed E-state index contributed by atoms with van der Waals surface area (Å²) in [5, 5.41) is 16.5. The lowest BCUT2D eigenvalue weighted by Gasteiger charge is -2.02. The highest BCUT2D eigenvalue weighted by Gasteiger charge is 1.84. The predicted octanol–water partition coefficient (Wildman–Crippen LogP) is -0.628. The number of nitrogens with zero attached hydrogens (tertiary/aromatic N) is 1. The average molecular weight is 117 g/mol. The van der Waals surface area contributed by atoms with Gasteiger partial charge in [0.05, 0.1) is 0 Å². The van der Waals surface area contributed by atoms with Gasteiger partial charge in [0, 0.05) is 14.1 Å². The topological polar surface area (TPSA) is 43.7 Å². The highest BCUT2D eigenvalue weighted by Crippen LogP contribution is 1.80. The van der Waals surface area contributed by atoms with Crippen LogP contribution < -0.4 is 0 Å². The molecule has 0 unspecified atom stereocenters. The Hall–Kier alpha value is -0.540. The van der Waals surface area contributed by atoms with Gasteiger partial charge in [-0.2, -0.15) is 0 Å². The molecule has 0 rings (SSSR count). The fourth-order valence-corrected chi connectivity index (χ4v) is 0.249. The molecular formula is C5H11NO2. The SMILES string of the molecule is CN(C)C=CC(O)O. The van der Waals surface area contributed by atoms with Crippen LogP contribution in [0.15, 0.2) is 12.3 Å². The quantitative estimate of drug-likeness (QED) is 0.473. The molecule has 0 saturated carbocycles. The van der Waals surface area contributed by atoms with Crippen molar-refractivity contribution in [3.63, 3.8) is 0 Å². The summed E-state index contributed by atoms with van der Waals surface area (Å²) < 4.78 is 0. The van der Waals surface area contributed by atoms with Gasteiger partial charge in [0.25, 0.3) is 0 Å². The lowest BCUT2D eigenvalue weighted by Crippen LogP contribution is -2.05. The van der Waals surface area contributed by atoms with E-state index < -0.39 is 6.29 Å². The molecule has 0 saturated heterocycles. The smallest absolute Gasteiger partial charge is 0.172 e. The first-order valence-corrected chi connectivity index (χ1v) is 2.34. The van der Waals surface area contributed by atoms with Crippen molar-refractivity contribution in [3.8, 4) is 0 Å². The van der Waals surface area contributed by atoms with Gasteiger partial charge >= 0.3 is 0 Å². The third-order valence-electron chi connectivity index (χ3n) is 0.556. The van der Waals surface area contributed by atoms with Crippen molar-refractivity contribution in [1.29, 1.82) is 0 Å². The van der Waals surface area contributed by atoms with Gasteiger partial charge in [0.1, 0.15) is 0 Å². The summed E-state index contributed by atoms with van der Waals surface area (Å²) >= 11 is 0. The predicted molar refractivity (Wildman–Crippen MR) is 31.1 cm³/mol. The normalized spacial score (nSPS) is 11.1. The molecule has 8 heavy (non-hydrogen) atoms. The summed E-state index contributed by atoms with van der Waals surface area (Å²) in [6, 6.07) is 0. The van der Waals surface area contributed by atoms with Gasteiger partial charge in [-0.1, -0.05) is 0 Å². The second kappa shape index (κ2) is 3.46. The van der Waals surface area contributed by atoms with Crippen LogP contribution in [0.1, 0.15) is 0 Å². The molecule has 0 aromatic carbocycles. The molecule has 3 nitrogen and oxygen atoms in total. The lowest BCUT2D eigenvalue weighted by molar-refractivity contribution is 0.00159. The van der Waals surface area contributed by atoms with Gasteiger partial charge in [0.15, 0.2) is 6.29 Å². The lowest BCUT2D eigenvalue weighted by atomic mass is 10.6. The van der Waals surface area contributed by atoms with E-state index >= 15 is 0 Å². The molecule has 0 aliphatic heterocycles. The minimum Gasteiger partial charge on any atom is -0.384 e. The fourth-order valence-electron chi connectivity index (χ4n) is 0.249. The van der Waals surface area contributed by atoms with Crippen molar-refractivity contribution in [2.75, 3.05) is 14.1 Å². The Morgan fingerprint density at radius 1 is 1.38 bits per heavy atom. The van der Waals surface area contributed by atoms with Crippen LogP contribution >= 0.6 is 0 Å². The van der Waals surface area contributed by atoms with Gasteiger partial charge in [-0.05, 0) is 12.3 Å². The summed E-state index contributed by atoms with van der Waals surface area (Å²) in [5.41, 5.74) is 0. The van der Waals surface area contributed by atoms with Crippen molar-refractivity contribution in [2.24, 2.45) is 0 Å². The molecule has 0 amide bonds. The van der Waals surface area contributed by atoms with Crippen LogP contribution in [0.5, 0.6) is 0 Å². The number of hydrogen-bond acceptors (Lipinski definition) is 3. The first-order valence-electron chi connectivity index (χ1n) is 2.34. The first-order chi connectivity index (χ1) is 3.63. The number of rotatable bonds is 2. The summed E-state index contributed by atoms with van der Waals surface area (Å²) in [6.07, 6.45) is 1.52. The molecule has 0 radical (unpaired) electrons. The third-order valence-corrected chi connectivity index (χ3v) is 0.556. The van der Waals surface area contributed by atoms with Crippen LogP contribution in [0.3, 0.4) is 0 Å². The Bertz CT molecular complexity index is 68.5. The molecule has 0 fully saturated rings. The van der Waals surface area contributed by atoms with Crippen LogP contribution in [-0.2, 0) is 0 Å². The third kappa shape index (κ3) is 5.46. The second-order valence-corrected chi connectivity index (χ2v) is 1.72. The molecule has 0 aromatic heterocycles. The zero-order valence-corrected chi connectivity index (χ0v) is 5.07. The van der Waals surface area contributed by atoms with E-state index in [0.29, 0.717) is 0 Å². The Labute approximate surface area is 48.9 Å².